The zero-order valence-electron chi connectivity index (χ0n) is 15.5. The highest BCUT2D eigenvalue weighted by atomic mass is 32.2. The van der Waals surface area contributed by atoms with Gasteiger partial charge in [0.25, 0.3) is 5.91 Å². The molecule has 148 valence electrons. The Morgan fingerprint density at radius 3 is 2.61 bits per heavy atom. The van der Waals surface area contributed by atoms with Gasteiger partial charge in [-0.3, -0.25) is 4.79 Å². The van der Waals surface area contributed by atoms with E-state index in [-0.39, 0.29) is 23.3 Å². The van der Waals surface area contributed by atoms with E-state index in [0.29, 0.717) is 12.1 Å². The molecule has 0 saturated heterocycles. The summed E-state index contributed by atoms with van der Waals surface area (Å²) in [5.74, 6) is 0.501. The fraction of sp³-hybridized carbons (Fsp3) is 0.278. The number of hydrogen-bond acceptors (Lipinski definition) is 6. The standard InChI is InChI=1S/C18H21N5O3S2/c1-13(17-22-20-12-23(17)2)10-19-18(24)14-5-7-16(8-6-14)28(25,26)21-11-15-4-3-9-27-15/h3-9,12-13,21H,10-11H2,1-2H3,(H,19,24)/t13-/m1/s1. The number of benzene rings is 1. The first-order chi connectivity index (χ1) is 13.4. The molecule has 0 saturated carbocycles. The second-order valence-corrected chi connectivity index (χ2v) is 9.14. The van der Waals surface area contributed by atoms with Gasteiger partial charge in [0.15, 0.2) is 0 Å². The Balaban J connectivity index is 1.58. The van der Waals surface area contributed by atoms with Gasteiger partial charge in [0, 0.05) is 36.5 Å². The number of nitrogens with one attached hydrogen (secondary N) is 2. The second-order valence-electron chi connectivity index (χ2n) is 6.34. The predicted molar refractivity (Wildman–Crippen MR) is 107 cm³/mol. The van der Waals surface area contributed by atoms with Crippen LogP contribution in [0, 0.1) is 0 Å². The first-order valence-electron chi connectivity index (χ1n) is 8.61. The minimum Gasteiger partial charge on any atom is -0.351 e. The Kier molecular flexibility index (Phi) is 6.22. The van der Waals surface area contributed by atoms with E-state index in [4.69, 9.17) is 0 Å². The van der Waals surface area contributed by atoms with Crippen LogP contribution in [-0.4, -0.2) is 35.6 Å². The van der Waals surface area contributed by atoms with Gasteiger partial charge >= 0.3 is 0 Å². The van der Waals surface area contributed by atoms with Crippen LogP contribution in [0.25, 0.3) is 0 Å². The number of amides is 1. The van der Waals surface area contributed by atoms with Gasteiger partial charge in [0.2, 0.25) is 10.0 Å². The summed E-state index contributed by atoms with van der Waals surface area (Å²) in [6.07, 6.45) is 1.61. The molecular weight excluding hydrogens is 398 g/mol. The highest BCUT2D eigenvalue weighted by Crippen LogP contribution is 2.14. The summed E-state index contributed by atoms with van der Waals surface area (Å²) < 4.78 is 29.1. The minimum absolute atomic E-state index is 0.00227. The second kappa shape index (κ2) is 8.63. The van der Waals surface area contributed by atoms with Gasteiger partial charge in [-0.2, -0.15) is 0 Å². The van der Waals surface area contributed by atoms with E-state index in [1.165, 1.54) is 35.6 Å². The fourth-order valence-electron chi connectivity index (χ4n) is 2.63. The molecule has 1 amide bonds. The van der Waals surface area contributed by atoms with Crippen molar-refractivity contribution < 1.29 is 13.2 Å². The number of aromatic nitrogens is 3. The van der Waals surface area contributed by atoms with Crippen LogP contribution >= 0.6 is 11.3 Å². The normalized spacial score (nSPS) is 12.6. The number of thiophene rings is 1. The smallest absolute Gasteiger partial charge is 0.251 e. The lowest BCUT2D eigenvalue weighted by molar-refractivity contribution is 0.0951. The molecule has 1 aromatic carbocycles. The number of nitrogens with zero attached hydrogens (tertiary/aromatic N) is 3. The number of sulfonamides is 1. The van der Waals surface area contributed by atoms with Gasteiger partial charge in [-0.15, -0.1) is 21.5 Å². The van der Waals surface area contributed by atoms with Gasteiger partial charge < -0.3 is 9.88 Å². The van der Waals surface area contributed by atoms with Crippen LogP contribution in [0.2, 0.25) is 0 Å². The number of rotatable bonds is 8. The van der Waals surface area contributed by atoms with E-state index >= 15 is 0 Å². The molecule has 28 heavy (non-hydrogen) atoms. The lowest BCUT2D eigenvalue weighted by atomic mass is 10.1. The maximum Gasteiger partial charge on any atom is 0.251 e. The summed E-state index contributed by atoms with van der Waals surface area (Å²) >= 11 is 1.48. The molecule has 2 heterocycles. The molecule has 0 bridgehead atoms. The average Bonchev–Trinajstić information content (AvgIpc) is 3.36. The first-order valence-corrected chi connectivity index (χ1v) is 11.0. The van der Waals surface area contributed by atoms with Crippen molar-refractivity contribution in [3.05, 3.63) is 64.4 Å². The molecule has 0 aliphatic heterocycles. The summed E-state index contributed by atoms with van der Waals surface area (Å²) in [5.41, 5.74) is 0.391. The van der Waals surface area contributed by atoms with Crippen molar-refractivity contribution in [3.8, 4) is 0 Å². The summed E-state index contributed by atoms with van der Waals surface area (Å²) in [6.45, 7) is 2.58. The summed E-state index contributed by atoms with van der Waals surface area (Å²) in [7, 11) is -1.79. The van der Waals surface area contributed by atoms with E-state index < -0.39 is 10.0 Å². The van der Waals surface area contributed by atoms with Crippen LogP contribution in [0.15, 0.2) is 53.0 Å². The number of aryl methyl sites for hydroxylation is 1. The maximum absolute atomic E-state index is 12.4. The Hall–Kier alpha value is -2.56. The Labute approximate surface area is 167 Å². The maximum atomic E-state index is 12.4. The van der Waals surface area contributed by atoms with Crippen molar-refractivity contribution in [2.75, 3.05) is 6.54 Å². The van der Waals surface area contributed by atoms with Gasteiger partial charge in [-0.05, 0) is 35.7 Å². The first kappa shape index (κ1) is 20.2. The van der Waals surface area contributed by atoms with Crippen molar-refractivity contribution in [2.24, 2.45) is 7.05 Å². The van der Waals surface area contributed by atoms with E-state index in [2.05, 4.69) is 20.2 Å². The number of carbonyl (C=O) groups is 1. The molecule has 1 atom stereocenters. The molecule has 2 N–H and O–H groups in total. The molecule has 0 aliphatic carbocycles. The Morgan fingerprint density at radius 2 is 2.00 bits per heavy atom. The number of hydrogen-bond donors (Lipinski definition) is 2. The van der Waals surface area contributed by atoms with Crippen LogP contribution in [0.1, 0.15) is 33.9 Å². The molecule has 0 aliphatic rings. The lowest BCUT2D eigenvalue weighted by Gasteiger charge is -2.12. The highest BCUT2D eigenvalue weighted by Gasteiger charge is 2.16. The van der Waals surface area contributed by atoms with Gasteiger partial charge in [0.05, 0.1) is 4.90 Å². The SMILES string of the molecule is C[C@H](CNC(=O)c1ccc(S(=O)(=O)NCc2cccs2)cc1)c1nncn1C. The third kappa shape index (κ3) is 4.83. The van der Waals surface area contributed by atoms with Gasteiger partial charge in [-0.1, -0.05) is 13.0 Å². The molecule has 0 fully saturated rings. The molecule has 10 heteroatoms. The molecule has 2 aromatic heterocycles. The van der Waals surface area contributed by atoms with Crippen molar-refractivity contribution in [2.45, 2.75) is 24.3 Å². The summed E-state index contributed by atoms with van der Waals surface area (Å²) in [4.78, 5) is 13.4. The molecule has 0 unspecified atom stereocenters. The minimum atomic E-state index is -3.63. The van der Waals surface area contributed by atoms with Crippen LogP contribution in [-0.2, 0) is 23.6 Å². The van der Waals surface area contributed by atoms with Crippen LogP contribution < -0.4 is 10.0 Å². The zero-order valence-corrected chi connectivity index (χ0v) is 17.1. The van der Waals surface area contributed by atoms with Crippen LogP contribution in [0.5, 0.6) is 0 Å². The summed E-state index contributed by atoms with van der Waals surface area (Å²) in [6, 6.07) is 9.59. The summed E-state index contributed by atoms with van der Waals surface area (Å²) in [5, 5.41) is 12.6. The molecule has 8 nitrogen and oxygen atoms in total. The quantitative estimate of drug-likeness (QED) is 0.580. The predicted octanol–water partition coefficient (Wildman–Crippen LogP) is 1.89. The number of carbonyl (C=O) groups excluding carboxylic acids is 1. The van der Waals surface area contributed by atoms with Crippen molar-refractivity contribution in [1.29, 1.82) is 0 Å². The Bertz CT molecular complexity index is 1030. The third-order valence-electron chi connectivity index (χ3n) is 4.20. The Morgan fingerprint density at radius 1 is 1.25 bits per heavy atom. The molecule has 0 radical (unpaired) electrons. The lowest BCUT2D eigenvalue weighted by Crippen LogP contribution is -2.28. The fourth-order valence-corrected chi connectivity index (χ4v) is 4.37. The van der Waals surface area contributed by atoms with E-state index in [1.807, 2.05) is 31.5 Å². The van der Waals surface area contributed by atoms with E-state index in [9.17, 15) is 13.2 Å². The topological polar surface area (TPSA) is 106 Å². The van der Waals surface area contributed by atoms with Crippen molar-refractivity contribution in [3.63, 3.8) is 0 Å². The average molecular weight is 420 g/mol. The molecule has 3 rings (SSSR count). The van der Waals surface area contributed by atoms with Gasteiger partial charge in [0.1, 0.15) is 12.2 Å². The third-order valence-corrected chi connectivity index (χ3v) is 6.49. The molecular formula is C18H21N5O3S2. The molecule has 0 spiro atoms. The zero-order chi connectivity index (χ0) is 20.1. The van der Waals surface area contributed by atoms with Crippen molar-refractivity contribution in [1.82, 2.24) is 24.8 Å². The van der Waals surface area contributed by atoms with E-state index in [1.54, 1.807) is 10.9 Å². The molecule has 3 aromatic rings. The largest absolute Gasteiger partial charge is 0.351 e. The highest BCUT2D eigenvalue weighted by molar-refractivity contribution is 7.89. The van der Waals surface area contributed by atoms with E-state index in [0.717, 1.165) is 10.7 Å². The van der Waals surface area contributed by atoms with Crippen LogP contribution in [0.4, 0.5) is 0 Å². The van der Waals surface area contributed by atoms with Crippen LogP contribution in [0.3, 0.4) is 0 Å². The van der Waals surface area contributed by atoms with Gasteiger partial charge in [-0.25, -0.2) is 13.1 Å². The monoisotopic (exact) mass is 419 g/mol. The van der Waals surface area contributed by atoms with Crippen molar-refractivity contribution >= 4 is 27.3 Å².